The lowest BCUT2D eigenvalue weighted by Crippen LogP contribution is -2.14. The molecule has 0 radical (unpaired) electrons. The van der Waals surface area contributed by atoms with Crippen LogP contribution in [-0.2, 0) is 22.0 Å². The molecule has 0 bridgehead atoms. The van der Waals surface area contributed by atoms with Crippen LogP contribution in [0.1, 0.15) is 31.9 Å². The summed E-state index contributed by atoms with van der Waals surface area (Å²) >= 11 is 0. The highest BCUT2D eigenvalue weighted by molar-refractivity contribution is 7.92. The van der Waals surface area contributed by atoms with Crippen LogP contribution >= 0.6 is 0 Å². The zero-order chi connectivity index (χ0) is 25.3. The molecular weight excluding hydrogens is 464 g/mol. The molecule has 36 heavy (non-hydrogen) atoms. The van der Waals surface area contributed by atoms with Crippen LogP contribution in [0.25, 0.3) is 22.0 Å². The summed E-state index contributed by atoms with van der Waals surface area (Å²) in [7, 11) is -3.72. The highest BCUT2D eigenvalue weighted by Crippen LogP contribution is 2.34. The largest absolute Gasteiger partial charge is 0.342 e. The molecule has 0 unspecified atom stereocenters. The van der Waals surface area contributed by atoms with Crippen molar-refractivity contribution in [2.45, 2.75) is 37.6 Å². The Morgan fingerprint density at radius 1 is 0.778 bits per heavy atom. The zero-order valence-electron chi connectivity index (χ0n) is 20.8. The van der Waals surface area contributed by atoms with Crippen molar-refractivity contribution in [3.05, 3.63) is 120 Å². The zero-order valence-corrected chi connectivity index (χ0v) is 21.6. The van der Waals surface area contributed by atoms with E-state index in [2.05, 4.69) is 60.5 Å². The van der Waals surface area contributed by atoms with E-state index in [0.717, 1.165) is 34.1 Å². The molecule has 0 amide bonds. The van der Waals surface area contributed by atoms with Gasteiger partial charge in [0.05, 0.1) is 4.90 Å². The number of benzene rings is 4. The summed E-state index contributed by atoms with van der Waals surface area (Å²) in [5.41, 5.74) is 6.01. The fourth-order valence-corrected chi connectivity index (χ4v) is 5.52. The lowest BCUT2D eigenvalue weighted by Gasteiger charge is -2.19. The third-order valence-electron chi connectivity index (χ3n) is 6.44. The summed E-state index contributed by atoms with van der Waals surface area (Å²) in [6.07, 6.45) is 2.15. The van der Waals surface area contributed by atoms with E-state index in [9.17, 15) is 8.42 Å². The third-order valence-corrected chi connectivity index (χ3v) is 7.84. The van der Waals surface area contributed by atoms with Gasteiger partial charge in [0.2, 0.25) is 0 Å². The van der Waals surface area contributed by atoms with Crippen LogP contribution in [0.5, 0.6) is 0 Å². The molecule has 5 aromatic rings. The highest BCUT2D eigenvalue weighted by atomic mass is 32.2. The van der Waals surface area contributed by atoms with E-state index in [1.54, 1.807) is 12.1 Å². The SMILES string of the molecule is CC(C)(C)c1ccc(S(=O)(=O)Nc2ccc3c(c2)c(-c2ccccc2)cn3Cc2ccccc2)cc1. The van der Waals surface area contributed by atoms with Gasteiger partial charge in [-0.1, -0.05) is 93.6 Å². The lowest BCUT2D eigenvalue weighted by atomic mass is 9.87. The number of hydrogen-bond donors (Lipinski definition) is 1. The number of anilines is 1. The Labute approximate surface area is 213 Å². The standard InChI is InChI=1S/C31H30N2O2S/c1-31(2,3)25-14-17-27(18-15-25)36(34,35)32-26-16-19-30-28(20-26)29(24-12-8-5-9-13-24)22-33(30)21-23-10-6-4-7-11-23/h4-20,22,32H,21H2,1-3H3. The van der Waals surface area contributed by atoms with Crippen molar-refractivity contribution < 1.29 is 8.42 Å². The minimum atomic E-state index is -3.72. The first-order chi connectivity index (χ1) is 17.2. The van der Waals surface area contributed by atoms with Crippen molar-refractivity contribution in [3.8, 4) is 11.1 Å². The molecule has 1 heterocycles. The first-order valence-electron chi connectivity index (χ1n) is 12.1. The highest BCUT2D eigenvalue weighted by Gasteiger charge is 2.19. The molecule has 1 aromatic heterocycles. The molecule has 5 heteroatoms. The van der Waals surface area contributed by atoms with Crippen LogP contribution in [0.15, 0.2) is 114 Å². The quantitative estimate of drug-likeness (QED) is 0.266. The summed E-state index contributed by atoms with van der Waals surface area (Å²) in [6, 6.07) is 33.4. The van der Waals surface area contributed by atoms with Crippen LogP contribution < -0.4 is 4.72 Å². The maximum atomic E-state index is 13.2. The molecule has 0 aliphatic rings. The lowest BCUT2D eigenvalue weighted by molar-refractivity contribution is 0.587. The van der Waals surface area contributed by atoms with Gasteiger partial charge in [0.1, 0.15) is 0 Å². The number of nitrogens with one attached hydrogen (secondary N) is 1. The maximum absolute atomic E-state index is 13.2. The maximum Gasteiger partial charge on any atom is 0.261 e. The van der Waals surface area contributed by atoms with E-state index >= 15 is 0 Å². The molecule has 0 aliphatic heterocycles. The Hall–Kier alpha value is -3.83. The predicted octanol–water partition coefficient (Wildman–Crippen LogP) is 7.45. The van der Waals surface area contributed by atoms with Gasteiger partial charge in [-0.3, -0.25) is 4.72 Å². The third kappa shape index (κ3) is 4.93. The molecular formula is C31H30N2O2S. The molecule has 0 saturated carbocycles. The number of aromatic nitrogens is 1. The van der Waals surface area contributed by atoms with Crippen LogP contribution in [0.4, 0.5) is 5.69 Å². The normalized spacial score (nSPS) is 12.1. The van der Waals surface area contributed by atoms with Crippen LogP contribution in [0.3, 0.4) is 0 Å². The molecule has 4 nitrogen and oxygen atoms in total. The molecule has 0 aliphatic carbocycles. The second-order valence-corrected chi connectivity index (χ2v) is 11.8. The Morgan fingerprint density at radius 3 is 2.06 bits per heavy atom. The fourth-order valence-electron chi connectivity index (χ4n) is 4.47. The number of sulfonamides is 1. The monoisotopic (exact) mass is 494 g/mol. The van der Waals surface area contributed by atoms with Crippen LogP contribution in [0.2, 0.25) is 0 Å². The predicted molar refractivity (Wildman–Crippen MR) is 149 cm³/mol. The first-order valence-corrected chi connectivity index (χ1v) is 13.5. The smallest absolute Gasteiger partial charge is 0.261 e. The van der Waals surface area contributed by atoms with Gasteiger partial charge >= 0.3 is 0 Å². The molecule has 4 aromatic carbocycles. The fraction of sp³-hybridized carbons (Fsp3) is 0.161. The molecule has 5 rings (SSSR count). The number of hydrogen-bond acceptors (Lipinski definition) is 2. The van der Waals surface area contributed by atoms with Gasteiger partial charge in [-0.2, -0.15) is 0 Å². The molecule has 0 atom stereocenters. The number of nitrogens with zero attached hydrogens (tertiary/aromatic N) is 1. The average Bonchev–Trinajstić information content (AvgIpc) is 3.22. The minimum Gasteiger partial charge on any atom is -0.342 e. The summed E-state index contributed by atoms with van der Waals surface area (Å²) < 4.78 is 31.4. The van der Waals surface area contributed by atoms with E-state index in [1.807, 2.05) is 66.7 Å². The molecule has 0 spiro atoms. The van der Waals surface area contributed by atoms with E-state index in [1.165, 1.54) is 5.56 Å². The van der Waals surface area contributed by atoms with Crippen molar-refractivity contribution in [3.63, 3.8) is 0 Å². The van der Waals surface area contributed by atoms with Gasteiger partial charge in [0, 0.05) is 34.9 Å². The average molecular weight is 495 g/mol. The van der Waals surface area contributed by atoms with Crippen LogP contribution in [0, 0.1) is 0 Å². The van der Waals surface area contributed by atoms with Crippen molar-refractivity contribution in [2.24, 2.45) is 0 Å². The second-order valence-electron chi connectivity index (χ2n) is 10.1. The molecule has 0 fully saturated rings. The van der Waals surface area contributed by atoms with Crippen molar-refractivity contribution in [1.29, 1.82) is 0 Å². The minimum absolute atomic E-state index is 0.0402. The van der Waals surface area contributed by atoms with Crippen LogP contribution in [-0.4, -0.2) is 13.0 Å². The number of rotatable bonds is 6. The Kier molecular flexibility index (Phi) is 6.19. The van der Waals surface area contributed by atoms with Crippen molar-refractivity contribution in [1.82, 2.24) is 4.57 Å². The van der Waals surface area contributed by atoms with E-state index in [-0.39, 0.29) is 10.3 Å². The van der Waals surface area contributed by atoms with Gasteiger partial charge in [-0.15, -0.1) is 0 Å². The Balaban J connectivity index is 1.53. The van der Waals surface area contributed by atoms with Crippen molar-refractivity contribution in [2.75, 3.05) is 4.72 Å². The van der Waals surface area contributed by atoms with Gasteiger partial charge < -0.3 is 4.57 Å². The summed E-state index contributed by atoms with van der Waals surface area (Å²) in [4.78, 5) is 0.250. The summed E-state index contributed by atoms with van der Waals surface area (Å²) in [6.45, 7) is 7.06. The Morgan fingerprint density at radius 2 is 1.42 bits per heavy atom. The molecule has 1 N–H and O–H groups in total. The van der Waals surface area contributed by atoms with E-state index in [0.29, 0.717) is 5.69 Å². The molecule has 0 saturated heterocycles. The second kappa shape index (κ2) is 9.32. The van der Waals surface area contributed by atoms with E-state index < -0.39 is 10.0 Å². The summed E-state index contributed by atoms with van der Waals surface area (Å²) in [5.74, 6) is 0. The number of fused-ring (bicyclic) bond motifs is 1. The van der Waals surface area contributed by atoms with Gasteiger partial charge in [-0.05, 0) is 52.4 Å². The Bertz CT molecular complexity index is 1600. The van der Waals surface area contributed by atoms with Gasteiger partial charge in [0.15, 0.2) is 0 Å². The van der Waals surface area contributed by atoms with Gasteiger partial charge in [0.25, 0.3) is 10.0 Å². The van der Waals surface area contributed by atoms with Crippen molar-refractivity contribution >= 4 is 26.6 Å². The first kappa shape index (κ1) is 23.9. The topological polar surface area (TPSA) is 51.1 Å². The summed E-state index contributed by atoms with van der Waals surface area (Å²) in [5, 5.41) is 1.00. The molecule has 182 valence electrons. The van der Waals surface area contributed by atoms with E-state index in [4.69, 9.17) is 0 Å². The van der Waals surface area contributed by atoms with Gasteiger partial charge in [-0.25, -0.2) is 8.42 Å².